The lowest BCUT2D eigenvalue weighted by Gasteiger charge is -2.38. The maximum Gasteiger partial charge on any atom is 0.290 e. The molecule has 5 amide bonds. The van der Waals surface area contributed by atoms with Gasteiger partial charge in [0.15, 0.2) is 5.69 Å². The van der Waals surface area contributed by atoms with Crippen LogP contribution in [-0.2, 0) is 24.0 Å². The van der Waals surface area contributed by atoms with E-state index in [0.29, 0.717) is 18.7 Å². The number of nitrogens with zero attached hydrogens (tertiary/aromatic N) is 2. The van der Waals surface area contributed by atoms with E-state index in [9.17, 15) is 28.8 Å². The fourth-order valence-corrected chi connectivity index (χ4v) is 8.83. The van der Waals surface area contributed by atoms with Gasteiger partial charge in [-0.15, -0.1) is 0 Å². The number of rotatable bonds is 9. The van der Waals surface area contributed by atoms with Crippen molar-refractivity contribution in [3.05, 3.63) is 28.7 Å². The second-order valence-corrected chi connectivity index (χ2v) is 15.9. The molecule has 4 N–H and O–H groups in total. The highest BCUT2D eigenvalue weighted by Crippen LogP contribution is 2.59. The average molecular weight is 663 g/mol. The van der Waals surface area contributed by atoms with Crippen LogP contribution in [0.25, 0.3) is 0 Å². The maximum atomic E-state index is 14.6. The van der Waals surface area contributed by atoms with Crippen LogP contribution >= 0.6 is 0 Å². The molecule has 3 saturated carbocycles. The van der Waals surface area contributed by atoms with Crippen LogP contribution in [0.5, 0.6) is 0 Å². The van der Waals surface area contributed by atoms with E-state index < -0.39 is 59.0 Å². The van der Waals surface area contributed by atoms with Crippen LogP contribution in [0.2, 0.25) is 0 Å². The van der Waals surface area contributed by atoms with Gasteiger partial charge in [-0.2, -0.15) is 0 Å². The van der Waals surface area contributed by atoms with Crippen LogP contribution < -0.4 is 21.3 Å². The summed E-state index contributed by atoms with van der Waals surface area (Å²) in [6.45, 7) is 7.64. The molecule has 0 bridgehead atoms. The van der Waals surface area contributed by atoms with E-state index in [-0.39, 0.29) is 41.3 Å². The Kier molecular flexibility index (Phi) is 8.22. The minimum Gasteiger partial charge on any atom is -0.361 e. The zero-order valence-electron chi connectivity index (χ0n) is 28.1. The third-order valence-corrected chi connectivity index (χ3v) is 11.4. The van der Waals surface area contributed by atoms with Gasteiger partial charge in [0.05, 0.1) is 0 Å². The van der Waals surface area contributed by atoms with Gasteiger partial charge >= 0.3 is 0 Å². The summed E-state index contributed by atoms with van der Waals surface area (Å²) in [4.78, 5) is 83.5. The molecule has 0 radical (unpaired) electrons. The van der Waals surface area contributed by atoms with Gasteiger partial charge < -0.3 is 30.7 Å². The number of Topliss-reactive ketones (excluding diaryl/α,β-unsaturated/α-hetero) is 1. The van der Waals surface area contributed by atoms with Crippen molar-refractivity contribution in [3.8, 4) is 0 Å². The summed E-state index contributed by atoms with van der Waals surface area (Å²) in [6, 6.07) is -2.21. The largest absolute Gasteiger partial charge is 0.361 e. The molecule has 3 heterocycles. The lowest BCUT2D eigenvalue weighted by Crippen LogP contribution is -2.62. The molecule has 7 rings (SSSR count). The Balaban J connectivity index is 1.12. The molecule has 4 aliphatic carbocycles. The van der Waals surface area contributed by atoms with E-state index >= 15 is 0 Å². The number of ketones is 1. The molecular weight excluding hydrogens is 616 g/mol. The molecule has 6 aliphatic rings. The molecule has 7 atom stereocenters. The lowest BCUT2D eigenvalue weighted by atomic mass is 9.72. The summed E-state index contributed by atoms with van der Waals surface area (Å²) in [5.74, 6) is -2.69. The first-order chi connectivity index (χ1) is 22.8. The van der Waals surface area contributed by atoms with Crippen molar-refractivity contribution in [1.82, 2.24) is 31.3 Å². The fraction of sp³-hybridized carbons (Fsp3) is 0.686. The van der Waals surface area contributed by atoms with Gasteiger partial charge in [-0.3, -0.25) is 28.8 Å². The van der Waals surface area contributed by atoms with E-state index in [4.69, 9.17) is 4.52 Å². The van der Waals surface area contributed by atoms with Crippen molar-refractivity contribution < 1.29 is 33.3 Å². The van der Waals surface area contributed by atoms with Gasteiger partial charge in [-0.25, -0.2) is 0 Å². The number of aromatic nitrogens is 1. The van der Waals surface area contributed by atoms with Crippen molar-refractivity contribution >= 4 is 35.3 Å². The highest BCUT2D eigenvalue weighted by Gasteiger charge is 2.62. The molecule has 48 heavy (non-hydrogen) atoms. The molecule has 13 heteroatoms. The van der Waals surface area contributed by atoms with Crippen LogP contribution in [-0.4, -0.2) is 82.1 Å². The Bertz CT molecular complexity index is 1580. The van der Waals surface area contributed by atoms with Crippen LogP contribution in [0.1, 0.15) is 94.8 Å². The molecule has 2 aliphatic heterocycles. The Hall–Kier alpha value is -4.03. The highest BCUT2D eigenvalue weighted by molar-refractivity contribution is 6.39. The van der Waals surface area contributed by atoms with E-state index in [0.717, 1.165) is 62.5 Å². The number of amides is 5. The second-order valence-electron chi connectivity index (χ2n) is 15.9. The zero-order valence-corrected chi connectivity index (χ0v) is 28.1. The fourth-order valence-electron chi connectivity index (χ4n) is 8.83. The van der Waals surface area contributed by atoms with Crippen molar-refractivity contribution in [2.75, 3.05) is 6.54 Å². The van der Waals surface area contributed by atoms with Crippen molar-refractivity contribution in [1.29, 1.82) is 0 Å². The third kappa shape index (κ3) is 5.83. The van der Waals surface area contributed by atoms with Gasteiger partial charge in [0.1, 0.15) is 29.9 Å². The van der Waals surface area contributed by atoms with E-state index in [1.54, 1.807) is 11.8 Å². The van der Waals surface area contributed by atoms with E-state index in [1.807, 2.05) is 20.8 Å². The lowest BCUT2D eigenvalue weighted by molar-refractivity contribution is -0.145. The maximum absolute atomic E-state index is 14.6. The highest BCUT2D eigenvalue weighted by atomic mass is 16.5. The van der Waals surface area contributed by atoms with Crippen LogP contribution in [0, 0.1) is 36.0 Å². The molecular formula is C35H46N6O7. The smallest absolute Gasteiger partial charge is 0.290 e. The first kappa shape index (κ1) is 32.5. The van der Waals surface area contributed by atoms with Crippen LogP contribution in [0.3, 0.4) is 0 Å². The first-order valence-electron chi connectivity index (χ1n) is 17.5. The number of nitrogens with one attached hydrogen (secondary N) is 4. The minimum absolute atomic E-state index is 0.0140. The Morgan fingerprint density at radius 1 is 1.04 bits per heavy atom. The summed E-state index contributed by atoms with van der Waals surface area (Å²) < 4.78 is 5.07. The number of hydrogen-bond donors (Lipinski definition) is 4. The summed E-state index contributed by atoms with van der Waals surface area (Å²) in [6.07, 6.45) is 7.63. The molecule has 1 saturated heterocycles. The van der Waals surface area contributed by atoms with E-state index in [1.165, 1.54) is 6.07 Å². The third-order valence-electron chi connectivity index (χ3n) is 11.4. The predicted molar refractivity (Wildman–Crippen MR) is 171 cm³/mol. The monoisotopic (exact) mass is 662 g/mol. The number of carbonyl (C=O) groups is 6. The van der Waals surface area contributed by atoms with Crippen molar-refractivity contribution in [2.45, 2.75) is 116 Å². The minimum atomic E-state index is -1.02. The van der Waals surface area contributed by atoms with Crippen molar-refractivity contribution in [2.24, 2.45) is 29.1 Å². The molecule has 1 aromatic heterocycles. The number of aryl methyl sites for hydroxylation is 1. The van der Waals surface area contributed by atoms with Crippen molar-refractivity contribution in [3.63, 3.8) is 0 Å². The van der Waals surface area contributed by atoms with Crippen LogP contribution in [0.15, 0.2) is 21.7 Å². The normalized spacial score (nSPS) is 29.2. The number of carbonyl (C=O) groups excluding carboxylic acids is 6. The topological polar surface area (TPSA) is 180 Å². The molecule has 13 nitrogen and oxygen atoms in total. The average Bonchev–Trinajstić information content (AvgIpc) is 3.55. The molecule has 2 unspecified atom stereocenters. The van der Waals surface area contributed by atoms with Gasteiger partial charge in [-0.05, 0) is 74.2 Å². The number of hydrogen-bond acceptors (Lipinski definition) is 8. The Labute approximate surface area is 279 Å². The van der Waals surface area contributed by atoms with Gasteiger partial charge in [0, 0.05) is 24.6 Å². The van der Waals surface area contributed by atoms with Crippen LogP contribution in [0.4, 0.5) is 0 Å². The summed E-state index contributed by atoms with van der Waals surface area (Å²) in [7, 11) is 0. The summed E-state index contributed by atoms with van der Waals surface area (Å²) in [5.41, 5.74) is 1.22. The summed E-state index contributed by atoms with van der Waals surface area (Å²) in [5, 5.41) is 15.3. The predicted octanol–water partition coefficient (Wildman–Crippen LogP) is 1.70. The zero-order chi connectivity index (χ0) is 34.1. The summed E-state index contributed by atoms with van der Waals surface area (Å²) >= 11 is 0. The standard InChI is InChI=1S/C35H46N6O7/c1-16-12-22(40-48-16)30(43)37-25(17-8-6-5-7-9-17)31(44)39-29(35(2,3)4)34(47)41-15-19-13-18-14-21-23(18)24(19)27(41)32(45)38-26(21)28(42)33(46)36-20-10-11-20/h12,17-20,24-27,29H,5-11,13-15H2,1-4H3,(H,36,46)(H,37,43)(H,38,45)(H,39,44)/t18?,19-,24+,25-,26-,27?,29+/m0/s1. The Morgan fingerprint density at radius 3 is 2.42 bits per heavy atom. The molecule has 1 aromatic rings. The van der Waals surface area contributed by atoms with Gasteiger partial charge in [0.2, 0.25) is 23.5 Å². The van der Waals surface area contributed by atoms with E-state index in [2.05, 4.69) is 26.4 Å². The van der Waals surface area contributed by atoms with Gasteiger partial charge in [-0.1, -0.05) is 50.8 Å². The number of likely N-dealkylation sites (tertiary alicyclic amines) is 1. The SMILES string of the molecule is Cc1cc(C(=O)N[C@H](C(=O)N[C@H](C(=O)N2C[C@@H]3CC4CC5=C4[C@@H]3C2C(=O)N[C@@H]5C(=O)C(=O)NC2CC2)C(C)(C)C)C2CCCCC2)no1. The first-order valence-corrected chi connectivity index (χ1v) is 17.5. The molecule has 4 fully saturated rings. The quantitative estimate of drug-likeness (QED) is 0.228. The molecule has 0 spiro atoms. The van der Waals surface area contributed by atoms with Gasteiger partial charge in [0.25, 0.3) is 11.8 Å². The second kappa shape index (κ2) is 12.1. The Morgan fingerprint density at radius 2 is 1.77 bits per heavy atom. The molecule has 0 aromatic carbocycles. The molecule has 258 valence electrons.